The molecule has 2 aromatic carbocycles. The van der Waals surface area contributed by atoms with Gasteiger partial charge in [0.05, 0.1) is 40.8 Å². The van der Waals surface area contributed by atoms with Gasteiger partial charge in [-0.3, -0.25) is 4.79 Å². The first-order chi connectivity index (χ1) is 15.9. The normalized spacial score (nSPS) is 14.1. The van der Waals surface area contributed by atoms with Gasteiger partial charge in [0.25, 0.3) is 0 Å². The van der Waals surface area contributed by atoms with Crippen molar-refractivity contribution in [2.45, 2.75) is 79.8 Å². The molecule has 3 rings (SSSR count). The molecule has 0 saturated carbocycles. The standard InChI is InChI=1S/C28H36O6/c1-14(2)25(32-16(5)6)19-12-21-24(29)20-11-18(28(30)31)9-10-23(20)34-27(21)22(13-19)26(15(3)4)33-17(7)8/h9-17,25-26H,1-8H3,(H,30,31). The molecule has 6 nitrogen and oxygen atoms in total. The Hall–Kier alpha value is -2.70. The molecule has 1 heterocycles. The number of hydrogen-bond donors (Lipinski definition) is 1. The van der Waals surface area contributed by atoms with Gasteiger partial charge in [0.15, 0.2) is 0 Å². The number of hydrogen-bond acceptors (Lipinski definition) is 5. The van der Waals surface area contributed by atoms with Gasteiger partial charge in [0.2, 0.25) is 5.43 Å². The van der Waals surface area contributed by atoms with Crippen LogP contribution in [0.15, 0.2) is 39.5 Å². The molecule has 184 valence electrons. The Bertz CT molecular complexity index is 1240. The van der Waals surface area contributed by atoms with Gasteiger partial charge in [-0.1, -0.05) is 27.7 Å². The number of carboxylic acid groups (broad SMARTS) is 1. The number of aromatic carboxylic acids is 1. The molecule has 1 aromatic heterocycles. The van der Waals surface area contributed by atoms with Crippen molar-refractivity contribution in [3.8, 4) is 0 Å². The number of carbonyl (C=O) groups is 1. The highest BCUT2D eigenvalue weighted by atomic mass is 16.5. The SMILES string of the molecule is CC(C)OC(c1cc(C(OC(C)C)C(C)C)c2oc3ccc(C(=O)O)cc3c(=O)c2c1)C(C)C. The molecule has 1 N–H and O–H groups in total. The van der Waals surface area contributed by atoms with Gasteiger partial charge in [0, 0.05) is 5.56 Å². The van der Waals surface area contributed by atoms with E-state index in [-0.39, 0.29) is 52.6 Å². The van der Waals surface area contributed by atoms with Crippen molar-refractivity contribution in [1.82, 2.24) is 0 Å². The fraction of sp³-hybridized carbons (Fsp3) is 0.500. The van der Waals surface area contributed by atoms with E-state index in [1.54, 1.807) is 6.07 Å². The summed E-state index contributed by atoms with van der Waals surface area (Å²) in [5.41, 5.74) is 2.28. The third-order valence-corrected chi connectivity index (χ3v) is 5.75. The lowest BCUT2D eigenvalue weighted by Crippen LogP contribution is -2.20. The minimum absolute atomic E-state index is 0.00509. The van der Waals surface area contributed by atoms with Crippen LogP contribution < -0.4 is 5.43 Å². The minimum atomic E-state index is -1.09. The van der Waals surface area contributed by atoms with Crippen LogP contribution in [0.2, 0.25) is 0 Å². The highest BCUT2D eigenvalue weighted by Gasteiger charge is 2.27. The minimum Gasteiger partial charge on any atom is -0.478 e. The van der Waals surface area contributed by atoms with E-state index in [1.807, 2.05) is 39.8 Å². The van der Waals surface area contributed by atoms with Crippen LogP contribution in [0.3, 0.4) is 0 Å². The second kappa shape index (κ2) is 10.3. The summed E-state index contributed by atoms with van der Waals surface area (Å²) in [6.07, 6.45) is -0.543. The molecule has 0 radical (unpaired) electrons. The summed E-state index contributed by atoms with van der Waals surface area (Å²) >= 11 is 0. The zero-order valence-corrected chi connectivity index (χ0v) is 21.3. The van der Waals surface area contributed by atoms with Gasteiger partial charge in [-0.15, -0.1) is 0 Å². The summed E-state index contributed by atoms with van der Waals surface area (Å²) < 4.78 is 18.8. The van der Waals surface area contributed by atoms with Gasteiger partial charge >= 0.3 is 5.97 Å². The lowest BCUT2D eigenvalue weighted by atomic mass is 9.90. The average Bonchev–Trinajstić information content (AvgIpc) is 2.74. The van der Waals surface area contributed by atoms with Crippen LogP contribution >= 0.6 is 0 Å². The Morgan fingerprint density at radius 3 is 1.94 bits per heavy atom. The summed E-state index contributed by atoms with van der Waals surface area (Å²) in [7, 11) is 0. The molecule has 2 atom stereocenters. The monoisotopic (exact) mass is 468 g/mol. The van der Waals surface area contributed by atoms with Gasteiger partial charge in [0.1, 0.15) is 11.2 Å². The van der Waals surface area contributed by atoms with E-state index < -0.39 is 5.97 Å². The Morgan fingerprint density at radius 1 is 0.824 bits per heavy atom. The molecule has 3 aromatic rings. The van der Waals surface area contributed by atoms with Crippen LogP contribution in [0, 0.1) is 11.8 Å². The van der Waals surface area contributed by atoms with E-state index >= 15 is 0 Å². The predicted molar refractivity (Wildman–Crippen MR) is 135 cm³/mol. The number of ether oxygens (including phenoxy) is 2. The first kappa shape index (κ1) is 25.9. The first-order valence-corrected chi connectivity index (χ1v) is 12.0. The van der Waals surface area contributed by atoms with E-state index in [0.29, 0.717) is 16.6 Å². The molecule has 0 spiro atoms. The number of rotatable bonds is 9. The van der Waals surface area contributed by atoms with Gasteiger partial charge < -0.3 is 19.0 Å². The maximum Gasteiger partial charge on any atom is 0.335 e. The molecule has 0 fully saturated rings. The molecular formula is C28H36O6. The number of fused-ring (bicyclic) bond motifs is 2. The van der Waals surface area contributed by atoms with Crippen molar-refractivity contribution in [2.24, 2.45) is 11.8 Å². The third-order valence-electron chi connectivity index (χ3n) is 5.75. The van der Waals surface area contributed by atoms with Gasteiger partial charge in [-0.2, -0.15) is 0 Å². The first-order valence-electron chi connectivity index (χ1n) is 12.0. The van der Waals surface area contributed by atoms with Crippen molar-refractivity contribution < 1.29 is 23.8 Å². The van der Waals surface area contributed by atoms with Crippen LogP contribution in [0.4, 0.5) is 0 Å². The van der Waals surface area contributed by atoms with E-state index in [4.69, 9.17) is 13.9 Å². The van der Waals surface area contributed by atoms with E-state index in [2.05, 4.69) is 27.7 Å². The molecule has 6 heteroatoms. The zero-order valence-electron chi connectivity index (χ0n) is 21.3. The topological polar surface area (TPSA) is 86.0 Å². The molecule has 0 aliphatic carbocycles. The highest BCUT2D eigenvalue weighted by molar-refractivity contribution is 5.96. The molecule has 0 saturated heterocycles. The summed E-state index contributed by atoms with van der Waals surface area (Å²) in [4.78, 5) is 25.2. The van der Waals surface area contributed by atoms with Crippen LogP contribution in [0.5, 0.6) is 0 Å². The third kappa shape index (κ3) is 5.34. The maximum absolute atomic E-state index is 13.7. The smallest absolute Gasteiger partial charge is 0.335 e. The second-order valence-corrected chi connectivity index (χ2v) is 10.1. The highest BCUT2D eigenvalue weighted by Crippen LogP contribution is 2.38. The average molecular weight is 469 g/mol. The molecule has 0 aliphatic heterocycles. The van der Waals surface area contributed by atoms with Crippen molar-refractivity contribution >= 4 is 27.9 Å². The van der Waals surface area contributed by atoms with E-state index in [9.17, 15) is 14.7 Å². The Kier molecular flexibility index (Phi) is 7.84. The molecular weight excluding hydrogens is 432 g/mol. The Labute approximate surface area is 200 Å². The molecule has 2 unspecified atom stereocenters. The summed E-state index contributed by atoms with van der Waals surface area (Å²) in [6.45, 7) is 16.3. The molecule has 0 bridgehead atoms. The largest absolute Gasteiger partial charge is 0.478 e. The Balaban J connectivity index is 2.42. The maximum atomic E-state index is 13.7. The quantitative estimate of drug-likeness (QED) is 0.344. The summed E-state index contributed by atoms with van der Waals surface area (Å²) in [5, 5.41) is 10.1. The molecule has 0 aliphatic rings. The fourth-order valence-corrected chi connectivity index (χ4v) is 4.31. The summed E-state index contributed by atoms with van der Waals surface area (Å²) in [5.74, 6) is -0.798. The van der Waals surface area contributed by atoms with Crippen molar-refractivity contribution in [2.75, 3.05) is 0 Å². The van der Waals surface area contributed by atoms with Crippen molar-refractivity contribution in [3.05, 3.63) is 57.2 Å². The Morgan fingerprint density at radius 2 is 1.41 bits per heavy atom. The van der Waals surface area contributed by atoms with Crippen LogP contribution in [-0.4, -0.2) is 23.3 Å². The lowest BCUT2D eigenvalue weighted by molar-refractivity contribution is -0.0235. The van der Waals surface area contributed by atoms with Gasteiger partial charge in [-0.05, 0) is 75.4 Å². The predicted octanol–water partition coefficient (Wildman–Crippen LogP) is 6.89. The molecule has 34 heavy (non-hydrogen) atoms. The van der Waals surface area contributed by atoms with E-state index in [1.165, 1.54) is 12.1 Å². The number of benzene rings is 2. The zero-order chi connectivity index (χ0) is 25.3. The van der Waals surface area contributed by atoms with Gasteiger partial charge in [-0.25, -0.2) is 4.79 Å². The fourth-order valence-electron chi connectivity index (χ4n) is 4.31. The lowest BCUT2D eigenvalue weighted by Gasteiger charge is -2.28. The van der Waals surface area contributed by atoms with Crippen molar-refractivity contribution in [3.63, 3.8) is 0 Å². The van der Waals surface area contributed by atoms with Crippen LogP contribution in [0.1, 0.15) is 89.1 Å². The van der Waals surface area contributed by atoms with Crippen molar-refractivity contribution in [1.29, 1.82) is 0 Å². The van der Waals surface area contributed by atoms with Crippen LogP contribution in [0.25, 0.3) is 21.9 Å². The number of carboxylic acids is 1. The van der Waals surface area contributed by atoms with E-state index in [0.717, 1.165) is 11.1 Å². The molecule has 0 amide bonds. The second-order valence-electron chi connectivity index (χ2n) is 10.1. The summed E-state index contributed by atoms with van der Waals surface area (Å²) in [6, 6.07) is 8.25. The van der Waals surface area contributed by atoms with Crippen LogP contribution in [-0.2, 0) is 9.47 Å².